The van der Waals surface area contributed by atoms with E-state index in [1.54, 1.807) is 0 Å². The molecule has 142 valence electrons. The Morgan fingerprint density at radius 2 is 1.92 bits per heavy atom. The fraction of sp³-hybridized carbons (Fsp3) is 0.429. The van der Waals surface area contributed by atoms with Gasteiger partial charge in [0.05, 0.1) is 23.3 Å². The lowest BCUT2D eigenvalue weighted by Gasteiger charge is -2.24. The Hall–Kier alpha value is -2.07. The van der Waals surface area contributed by atoms with Gasteiger partial charge in [-0.3, -0.25) is 0 Å². The number of aldehydes is 1. The van der Waals surface area contributed by atoms with Crippen molar-refractivity contribution in [2.45, 2.75) is 24.4 Å². The molecule has 0 heterocycles. The molecular weight excluding hydrogens is 393 g/mol. The smallest absolute Gasteiger partial charge is 0.343 e. The Morgan fingerprint density at radius 1 is 1.31 bits per heavy atom. The molecule has 0 saturated carbocycles. The standard InChI is InChI=1S/C14H15Cl2N3O7/c1-25-13-7(16)3-2-6(15)10(13)14(24)26-5-9(21)12(23)11(22)8(4-20)18-19-17/h2-4,8-9,11-12,21-23H,5H2,1H3/t8-,9-,11-,12-/m1/s1. The third-order valence-electron chi connectivity index (χ3n) is 3.27. The molecule has 0 aliphatic rings. The van der Waals surface area contributed by atoms with Gasteiger partial charge in [0, 0.05) is 4.91 Å². The van der Waals surface area contributed by atoms with E-state index in [0.717, 1.165) is 0 Å². The Kier molecular flexibility index (Phi) is 8.59. The largest absolute Gasteiger partial charge is 0.494 e. The van der Waals surface area contributed by atoms with Crippen LogP contribution in [-0.4, -0.2) is 65.6 Å². The minimum atomic E-state index is -1.93. The number of methoxy groups -OCH3 is 1. The summed E-state index contributed by atoms with van der Waals surface area (Å²) < 4.78 is 9.83. The summed E-state index contributed by atoms with van der Waals surface area (Å²) in [5, 5.41) is 32.4. The van der Waals surface area contributed by atoms with Crippen molar-refractivity contribution in [1.29, 1.82) is 0 Å². The molecule has 3 N–H and O–H groups in total. The van der Waals surface area contributed by atoms with Crippen molar-refractivity contribution in [3.05, 3.63) is 38.2 Å². The van der Waals surface area contributed by atoms with Crippen LogP contribution in [0.1, 0.15) is 10.4 Å². The highest BCUT2D eigenvalue weighted by atomic mass is 35.5. The number of hydrogen-bond donors (Lipinski definition) is 3. The molecule has 1 aromatic carbocycles. The number of aliphatic hydroxyl groups is 3. The van der Waals surface area contributed by atoms with Crippen LogP contribution < -0.4 is 4.74 Å². The van der Waals surface area contributed by atoms with Gasteiger partial charge in [-0.05, 0) is 17.7 Å². The first kappa shape index (κ1) is 22.0. The van der Waals surface area contributed by atoms with E-state index in [-0.39, 0.29) is 27.6 Å². The van der Waals surface area contributed by atoms with E-state index in [0.29, 0.717) is 0 Å². The average molecular weight is 408 g/mol. The van der Waals surface area contributed by atoms with Gasteiger partial charge in [0.2, 0.25) is 0 Å². The summed E-state index contributed by atoms with van der Waals surface area (Å²) in [6.07, 6.45) is -5.51. The highest BCUT2D eigenvalue weighted by molar-refractivity contribution is 6.37. The maximum Gasteiger partial charge on any atom is 0.343 e. The minimum Gasteiger partial charge on any atom is -0.494 e. The molecule has 0 fully saturated rings. The van der Waals surface area contributed by atoms with E-state index in [1.165, 1.54) is 19.2 Å². The van der Waals surface area contributed by atoms with Gasteiger partial charge in [0.1, 0.15) is 36.7 Å². The van der Waals surface area contributed by atoms with Crippen molar-refractivity contribution in [3.63, 3.8) is 0 Å². The van der Waals surface area contributed by atoms with Gasteiger partial charge in [-0.25, -0.2) is 4.79 Å². The van der Waals surface area contributed by atoms with Gasteiger partial charge in [-0.1, -0.05) is 28.3 Å². The number of aliphatic hydroxyl groups excluding tert-OH is 3. The van der Waals surface area contributed by atoms with Crippen molar-refractivity contribution >= 4 is 35.5 Å². The Bertz CT molecular complexity index is 712. The number of nitrogens with zero attached hydrogens (tertiary/aromatic N) is 3. The maximum absolute atomic E-state index is 12.2. The minimum absolute atomic E-state index is 0.0179. The zero-order valence-corrected chi connectivity index (χ0v) is 14.8. The van der Waals surface area contributed by atoms with Gasteiger partial charge in [0.25, 0.3) is 0 Å². The number of carbonyl (C=O) groups excluding carboxylic acids is 2. The molecule has 0 saturated heterocycles. The molecule has 26 heavy (non-hydrogen) atoms. The predicted molar refractivity (Wildman–Crippen MR) is 90.3 cm³/mol. The van der Waals surface area contributed by atoms with Gasteiger partial charge in [0.15, 0.2) is 5.75 Å². The lowest BCUT2D eigenvalue weighted by Crippen LogP contribution is -2.46. The van der Waals surface area contributed by atoms with E-state index >= 15 is 0 Å². The normalized spacial score (nSPS) is 15.2. The van der Waals surface area contributed by atoms with Crippen LogP contribution in [0.4, 0.5) is 0 Å². The predicted octanol–water partition coefficient (Wildman–Crippen LogP) is 1.12. The molecule has 0 aliphatic heterocycles. The van der Waals surface area contributed by atoms with E-state index in [1.807, 2.05) is 0 Å². The molecule has 1 aromatic rings. The van der Waals surface area contributed by atoms with Gasteiger partial charge in [-0.15, -0.1) is 0 Å². The molecule has 12 heteroatoms. The molecule has 0 aromatic heterocycles. The Balaban J connectivity index is 2.83. The van der Waals surface area contributed by atoms with E-state index in [9.17, 15) is 24.9 Å². The molecule has 4 atom stereocenters. The third kappa shape index (κ3) is 5.21. The van der Waals surface area contributed by atoms with Crippen LogP contribution in [0.15, 0.2) is 17.2 Å². The van der Waals surface area contributed by atoms with Crippen LogP contribution in [-0.2, 0) is 9.53 Å². The summed E-state index contributed by atoms with van der Waals surface area (Å²) in [7, 11) is 1.26. The van der Waals surface area contributed by atoms with Crippen molar-refractivity contribution < 1.29 is 34.4 Å². The molecule has 0 unspecified atom stereocenters. The number of benzene rings is 1. The second kappa shape index (κ2) is 10.2. The summed E-state index contributed by atoms with van der Waals surface area (Å²) in [5.41, 5.74) is 8.09. The van der Waals surface area contributed by atoms with Crippen LogP contribution in [0.3, 0.4) is 0 Å². The number of ether oxygens (including phenoxy) is 2. The van der Waals surface area contributed by atoms with E-state index < -0.39 is 36.9 Å². The number of azide groups is 1. The molecule has 0 radical (unpaired) electrons. The fourth-order valence-electron chi connectivity index (χ4n) is 1.92. The molecule has 0 spiro atoms. The molecular formula is C14H15Cl2N3O7. The Morgan fingerprint density at radius 3 is 2.46 bits per heavy atom. The molecule has 0 amide bonds. The topological polar surface area (TPSA) is 162 Å². The van der Waals surface area contributed by atoms with Gasteiger partial charge < -0.3 is 29.6 Å². The molecule has 0 bridgehead atoms. The highest BCUT2D eigenvalue weighted by Gasteiger charge is 2.32. The quantitative estimate of drug-likeness (QED) is 0.181. The van der Waals surface area contributed by atoms with Crippen molar-refractivity contribution in [2.75, 3.05) is 13.7 Å². The first-order valence-electron chi connectivity index (χ1n) is 7.01. The maximum atomic E-state index is 12.2. The van der Waals surface area contributed by atoms with Crippen LogP contribution in [0, 0.1) is 0 Å². The highest BCUT2D eigenvalue weighted by Crippen LogP contribution is 2.34. The zero-order chi connectivity index (χ0) is 19.9. The SMILES string of the molecule is COc1c(Cl)ccc(Cl)c1C(=O)OC[C@@H](O)[C@@H](O)[C@H](O)[C@@H](C=O)N=[N+]=[N-]. The monoisotopic (exact) mass is 407 g/mol. The third-order valence-corrected chi connectivity index (χ3v) is 3.88. The summed E-state index contributed by atoms with van der Waals surface area (Å²) in [5.74, 6) is -1.04. The zero-order valence-electron chi connectivity index (χ0n) is 13.3. The summed E-state index contributed by atoms with van der Waals surface area (Å²) in [6, 6.07) is 1.12. The van der Waals surface area contributed by atoms with Crippen molar-refractivity contribution in [2.24, 2.45) is 5.11 Å². The lowest BCUT2D eigenvalue weighted by molar-refractivity contribution is -0.118. The molecule has 1 rings (SSSR count). The first-order valence-corrected chi connectivity index (χ1v) is 7.76. The lowest BCUT2D eigenvalue weighted by atomic mass is 10.0. The number of carbonyl (C=O) groups is 2. The summed E-state index contributed by atoms with van der Waals surface area (Å²) in [4.78, 5) is 25.2. The van der Waals surface area contributed by atoms with Crippen LogP contribution >= 0.6 is 23.2 Å². The van der Waals surface area contributed by atoms with Gasteiger partial charge >= 0.3 is 5.97 Å². The summed E-state index contributed by atoms with van der Waals surface area (Å²) in [6.45, 7) is -0.759. The molecule has 10 nitrogen and oxygen atoms in total. The average Bonchev–Trinajstić information content (AvgIpc) is 2.64. The van der Waals surface area contributed by atoms with Gasteiger partial charge in [-0.2, -0.15) is 0 Å². The van der Waals surface area contributed by atoms with Crippen LogP contribution in [0.5, 0.6) is 5.75 Å². The summed E-state index contributed by atoms with van der Waals surface area (Å²) >= 11 is 11.8. The van der Waals surface area contributed by atoms with E-state index in [4.69, 9.17) is 38.2 Å². The van der Waals surface area contributed by atoms with Crippen molar-refractivity contribution in [3.8, 4) is 5.75 Å². The number of hydrogen-bond acceptors (Lipinski definition) is 8. The fourth-order valence-corrected chi connectivity index (χ4v) is 2.38. The molecule has 0 aliphatic carbocycles. The number of esters is 1. The van der Waals surface area contributed by atoms with Crippen molar-refractivity contribution in [1.82, 2.24) is 0 Å². The van der Waals surface area contributed by atoms with E-state index in [2.05, 4.69) is 10.0 Å². The Labute approximate surface area is 157 Å². The number of halogens is 2. The van der Waals surface area contributed by atoms with Crippen LogP contribution in [0.2, 0.25) is 10.0 Å². The number of rotatable bonds is 9. The van der Waals surface area contributed by atoms with Crippen LogP contribution in [0.25, 0.3) is 10.4 Å². The first-order chi connectivity index (χ1) is 12.3. The second-order valence-corrected chi connectivity index (χ2v) is 5.73. The second-order valence-electron chi connectivity index (χ2n) is 4.92.